The van der Waals surface area contributed by atoms with E-state index < -0.39 is 23.8 Å². The molecule has 2 aromatic carbocycles. The Balaban J connectivity index is 1.83. The molecule has 0 aromatic heterocycles. The Morgan fingerprint density at radius 2 is 1.81 bits per heavy atom. The predicted octanol–water partition coefficient (Wildman–Crippen LogP) is 4.89. The maximum Gasteiger partial charge on any atom is 0.217 e. The van der Waals surface area contributed by atoms with Gasteiger partial charge in [-0.2, -0.15) is 0 Å². The van der Waals surface area contributed by atoms with Crippen LogP contribution >= 0.6 is 0 Å². The van der Waals surface area contributed by atoms with E-state index >= 15 is 0 Å². The third-order valence-electron chi connectivity index (χ3n) is 7.21. The highest BCUT2D eigenvalue weighted by molar-refractivity contribution is 5.73. The minimum atomic E-state index is -0.975. The highest BCUT2D eigenvalue weighted by Crippen LogP contribution is 2.38. The largest absolute Gasteiger partial charge is 0.390 e. The van der Waals surface area contributed by atoms with E-state index in [1.165, 1.54) is 35.7 Å². The number of carbonyl (C=O) groups is 1. The number of rotatable bonds is 10. The Morgan fingerprint density at radius 3 is 2.41 bits per heavy atom. The lowest BCUT2D eigenvalue weighted by molar-refractivity contribution is -0.120. The first-order valence-corrected chi connectivity index (χ1v) is 13.1. The summed E-state index contributed by atoms with van der Waals surface area (Å²) in [5.74, 6) is -1.50. The van der Waals surface area contributed by atoms with Crippen molar-refractivity contribution >= 4 is 5.91 Å². The molecule has 3 rings (SSSR count). The van der Waals surface area contributed by atoms with Gasteiger partial charge in [-0.05, 0) is 72.4 Å². The summed E-state index contributed by atoms with van der Waals surface area (Å²) in [6, 6.07) is 9.21. The molecular weight excluding hydrogens is 474 g/mol. The molecule has 204 valence electrons. The Bertz CT molecular complexity index is 1050. The van der Waals surface area contributed by atoms with E-state index in [0.29, 0.717) is 5.56 Å². The number of carbonyl (C=O) groups excluding carboxylic acids is 1. The van der Waals surface area contributed by atoms with Gasteiger partial charge >= 0.3 is 0 Å². The summed E-state index contributed by atoms with van der Waals surface area (Å²) in [5.41, 5.74) is 4.31. The Labute approximate surface area is 220 Å². The van der Waals surface area contributed by atoms with Crippen molar-refractivity contribution < 1.29 is 23.4 Å². The van der Waals surface area contributed by atoms with E-state index in [-0.39, 0.29) is 42.4 Å². The molecule has 0 heterocycles. The summed E-state index contributed by atoms with van der Waals surface area (Å²) >= 11 is 0. The summed E-state index contributed by atoms with van der Waals surface area (Å²) in [6.07, 6.45) is 2.00. The van der Waals surface area contributed by atoms with Crippen molar-refractivity contribution in [3.8, 4) is 0 Å². The molecule has 0 aliphatic heterocycles. The first-order chi connectivity index (χ1) is 17.4. The molecule has 37 heavy (non-hydrogen) atoms. The Hall–Kier alpha value is -2.35. The van der Waals surface area contributed by atoms with Crippen molar-refractivity contribution in [1.82, 2.24) is 10.6 Å². The third kappa shape index (κ3) is 8.32. The number of ether oxygens (including phenoxy) is 1. The molecule has 5 nitrogen and oxygen atoms in total. The molecule has 0 saturated carbocycles. The van der Waals surface area contributed by atoms with Gasteiger partial charge in [0.05, 0.1) is 18.2 Å². The highest BCUT2D eigenvalue weighted by Gasteiger charge is 2.34. The van der Waals surface area contributed by atoms with Gasteiger partial charge in [-0.1, -0.05) is 39.0 Å². The van der Waals surface area contributed by atoms with E-state index in [2.05, 4.69) is 56.5 Å². The van der Waals surface area contributed by atoms with Crippen LogP contribution in [-0.2, 0) is 28.8 Å². The summed E-state index contributed by atoms with van der Waals surface area (Å²) in [5, 5.41) is 17.5. The number of amides is 1. The fraction of sp³-hybridized carbons (Fsp3) is 0.567. The first kappa shape index (κ1) is 29.2. The molecule has 0 spiro atoms. The Morgan fingerprint density at radius 1 is 1.14 bits per heavy atom. The van der Waals surface area contributed by atoms with Gasteiger partial charge in [0.2, 0.25) is 5.91 Å². The van der Waals surface area contributed by atoms with Gasteiger partial charge in [0.1, 0.15) is 11.6 Å². The molecule has 0 fully saturated rings. The minimum Gasteiger partial charge on any atom is -0.390 e. The van der Waals surface area contributed by atoms with Crippen LogP contribution in [0.5, 0.6) is 0 Å². The number of fused-ring (bicyclic) bond motifs is 1. The van der Waals surface area contributed by atoms with E-state index in [0.717, 1.165) is 25.3 Å². The number of hydrogen-bond acceptors (Lipinski definition) is 4. The molecule has 5 unspecified atom stereocenters. The van der Waals surface area contributed by atoms with Crippen molar-refractivity contribution in [2.24, 2.45) is 11.3 Å². The molecular formula is C30H42F2N2O3. The monoisotopic (exact) mass is 516 g/mol. The van der Waals surface area contributed by atoms with Crippen LogP contribution in [-0.4, -0.2) is 42.9 Å². The van der Waals surface area contributed by atoms with Crippen LogP contribution in [0.2, 0.25) is 0 Å². The quantitative estimate of drug-likeness (QED) is 0.421. The second-order valence-electron chi connectivity index (χ2n) is 11.7. The lowest BCUT2D eigenvalue weighted by Gasteiger charge is -2.38. The van der Waals surface area contributed by atoms with Gasteiger partial charge in [-0.3, -0.25) is 4.79 Å². The van der Waals surface area contributed by atoms with Gasteiger partial charge in [-0.25, -0.2) is 8.78 Å². The smallest absolute Gasteiger partial charge is 0.217 e. The van der Waals surface area contributed by atoms with Gasteiger partial charge in [-0.15, -0.1) is 0 Å². The third-order valence-corrected chi connectivity index (χ3v) is 7.21. The lowest BCUT2D eigenvalue weighted by Crippen LogP contribution is -2.50. The van der Waals surface area contributed by atoms with Crippen molar-refractivity contribution in [1.29, 1.82) is 0 Å². The highest BCUT2D eigenvalue weighted by atomic mass is 19.1. The molecule has 1 aliphatic rings. The molecule has 0 radical (unpaired) electrons. The van der Waals surface area contributed by atoms with Crippen LogP contribution in [0, 0.1) is 23.0 Å². The van der Waals surface area contributed by atoms with E-state index in [1.807, 2.05) is 0 Å². The van der Waals surface area contributed by atoms with Gasteiger partial charge in [0.25, 0.3) is 0 Å². The van der Waals surface area contributed by atoms with Gasteiger partial charge < -0.3 is 20.5 Å². The van der Waals surface area contributed by atoms with Crippen molar-refractivity contribution in [3.05, 3.63) is 70.3 Å². The van der Waals surface area contributed by atoms with Crippen LogP contribution in [0.15, 0.2) is 36.4 Å². The topological polar surface area (TPSA) is 70.6 Å². The molecule has 0 saturated heterocycles. The zero-order valence-corrected chi connectivity index (χ0v) is 22.9. The fourth-order valence-electron chi connectivity index (χ4n) is 5.46. The average molecular weight is 517 g/mol. The van der Waals surface area contributed by atoms with Crippen molar-refractivity contribution in [2.75, 3.05) is 13.7 Å². The molecule has 1 amide bonds. The number of halogens is 2. The number of benzene rings is 2. The SMILES string of the molecule is COC(C)C1CCc2ccc(CC(C)(C)C)cc2C1NCC(O)C(Cc1cc(F)cc(F)c1)NC(C)=O. The summed E-state index contributed by atoms with van der Waals surface area (Å²) < 4.78 is 33.2. The van der Waals surface area contributed by atoms with E-state index in [1.54, 1.807) is 7.11 Å². The van der Waals surface area contributed by atoms with E-state index in [9.17, 15) is 18.7 Å². The van der Waals surface area contributed by atoms with Crippen LogP contribution in [0.1, 0.15) is 69.3 Å². The molecule has 1 aliphatic carbocycles. The molecule has 7 heteroatoms. The number of aliphatic hydroxyl groups is 1. The van der Waals surface area contributed by atoms with Crippen LogP contribution in [0.25, 0.3) is 0 Å². The standard InChI is InChI=1S/C30H42F2N2O3/c1-18(37-6)25-10-9-22-8-7-20(16-30(3,4)5)13-26(22)29(25)33-17-28(36)27(34-19(2)35)14-21-11-23(31)15-24(32)12-21/h7-8,11-13,15,18,25,27-29,33,36H,9-10,14,16-17H2,1-6H3,(H,34,35). The molecule has 3 N–H and O–H groups in total. The number of nitrogens with one attached hydrogen (secondary N) is 2. The molecule has 5 atom stereocenters. The minimum absolute atomic E-state index is 0.00970. The Kier molecular flexibility index (Phi) is 9.84. The van der Waals surface area contributed by atoms with Gasteiger partial charge in [0.15, 0.2) is 0 Å². The number of aliphatic hydroxyl groups excluding tert-OH is 1. The number of aryl methyl sites for hydroxylation is 1. The second-order valence-corrected chi connectivity index (χ2v) is 11.7. The molecule has 2 aromatic rings. The maximum atomic E-state index is 13.7. The number of methoxy groups -OCH3 is 1. The van der Waals surface area contributed by atoms with Crippen molar-refractivity contribution in [3.63, 3.8) is 0 Å². The predicted molar refractivity (Wildman–Crippen MR) is 142 cm³/mol. The van der Waals surface area contributed by atoms with Gasteiger partial charge in [0, 0.05) is 38.6 Å². The van der Waals surface area contributed by atoms with Crippen LogP contribution in [0.4, 0.5) is 8.78 Å². The second kappa shape index (κ2) is 12.5. The normalized spacial score (nSPS) is 20.1. The summed E-state index contributed by atoms with van der Waals surface area (Å²) in [7, 11) is 1.72. The zero-order chi connectivity index (χ0) is 27.3. The fourth-order valence-corrected chi connectivity index (χ4v) is 5.46. The van der Waals surface area contributed by atoms with E-state index in [4.69, 9.17) is 4.74 Å². The average Bonchev–Trinajstić information content (AvgIpc) is 2.79. The first-order valence-electron chi connectivity index (χ1n) is 13.1. The summed E-state index contributed by atoms with van der Waals surface area (Å²) in [4.78, 5) is 11.9. The van der Waals surface area contributed by atoms with Crippen molar-refractivity contribution in [2.45, 2.75) is 84.6 Å². The lowest BCUT2D eigenvalue weighted by atomic mass is 9.75. The molecule has 0 bridgehead atoms. The van der Waals surface area contributed by atoms with Crippen LogP contribution in [0.3, 0.4) is 0 Å². The number of hydrogen-bond donors (Lipinski definition) is 3. The summed E-state index contributed by atoms with van der Waals surface area (Å²) in [6.45, 7) is 10.3. The van der Waals surface area contributed by atoms with Crippen LogP contribution < -0.4 is 10.6 Å². The maximum absolute atomic E-state index is 13.7. The zero-order valence-electron chi connectivity index (χ0n) is 22.9.